The molecule has 0 amide bonds. The molecule has 21 heavy (non-hydrogen) atoms. The zero-order valence-corrected chi connectivity index (χ0v) is 13.2. The minimum atomic E-state index is -1.08. The summed E-state index contributed by atoms with van der Waals surface area (Å²) in [6.45, 7) is 1.94. The van der Waals surface area contributed by atoms with Crippen molar-refractivity contribution < 1.29 is 40.2 Å². The van der Waals surface area contributed by atoms with Gasteiger partial charge in [-0.05, 0) is 38.1 Å². The molecule has 6 nitrogen and oxygen atoms in total. The Morgan fingerprint density at radius 1 is 0.667 bits per heavy atom. The molecule has 2 aromatic heterocycles. The van der Waals surface area contributed by atoms with Crippen molar-refractivity contribution in [2.75, 3.05) is 0 Å². The first kappa shape index (κ1) is 24.0. The predicted octanol–water partition coefficient (Wildman–Crippen LogP) is -0.327. The molecule has 0 N–H and O–H groups in total. The van der Waals surface area contributed by atoms with E-state index >= 15 is 0 Å². The zero-order valence-electron chi connectivity index (χ0n) is 11.6. The molecule has 2 aromatic rings. The molecule has 0 aliphatic carbocycles. The summed E-state index contributed by atoms with van der Waals surface area (Å²) in [7, 11) is 0. The van der Waals surface area contributed by atoms with Crippen LogP contribution in [0.25, 0.3) is 0 Å². The Bertz CT molecular complexity index is 336. The standard InChI is InChI=1S/2C5H5N.2C2H4O2.Pd/c2*1-2-4-6-5-3-1;2*1-2(3)4;/h2*1-5H;2*1H3,(H,3,4);/q;;;;+2/p-2. The minimum absolute atomic E-state index is 0. The Morgan fingerprint density at radius 3 is 0.905 bits per heavy atom. The zero-order chi connectivity index (χ0) is 15.6. The van der Waals surface area contributed by atoms with Gasteiger partial charge >= 0.3 is 20.4 Å². The monoisotopic (exact) mass is 382 g/mol. The molecule has 0 saturated carbocycles. The van der Waals surface area contributed by atoms with E-state index < -0.39 is 11.9 Å². The number of rotatable bonds is 0. The van der Waals surface area contributed by atoms with Crippen molar-refractivity contribution in [3.63, 3.8) is 0 Å². The van der Waals surface area contributed by atoms with Crippen LogP contribution in [0.3, 0.4) is 0 Å². The van der Waals surface area contributed by atoms with Crippen LogP contribution < -0.4 is 10.2 Å². The van der Waals surface area contributed by atoms with E-state index in [9.17, 15) is 0 Å². The fourth-order valence-corrected chi connectivity index (χ4v) is 0.625. The number of carboxylic acids is 2. The maximum atomic E-state index is 8.89. The fourth-order valence-electron chi connectivity index (χ4n) is 0.625. The van der Waals surface area contributed by atoms with Crippen molar-refractivity contribution in [3.05, 3.63) is 61.2 Å². The summed E-state index contributed by atoms with van der Waals surface area (Å²) in [4.78, 5) is 25.3. The van der Waals surface area contributed by atoms with Gasteiger partial charge in [-0.15, -0.1) is 0 Å². The van der Waals surface area contributed by atoms with Gasteiger partial charge in [0.05, 0.1) is 0 Å². The van der Waals surface area contributed by atoms with Crippen LogP contribution in [0.15, 0.2) is 61.2 Å². The van der Waals surface area contributed by atoms with Gasteiger partial charge in [0.2, 0.25) is 0 Å². The average molecular weight is 383 g/mol. The molecule has 0 aliphatic rings. The smallest absolute Gasteiger partial charge is 0.550 e. The van der Waals surface area contributed by atoms with Crippen LogP contribution in [-0.4, -0.2) is 21.9 Å². The minimum Gasteiger partial charge on any atom is -0.550 e. The van der Waals surface area contributed by atoms with Gasteiger partial charge < -0.3 is 19.8 Å². The van der Waals surface area contributed by atoms with Gasteiger partial charge in [-0.2, -0.15) is 0 Å². The maximum Gasteiger partial charge on any atom is 2.00 e. The van der Waals surface area contributed by atoms with Crippen LogP contribution in [0.5, 0.6) is 0 Å². The molecule has 0 bridgehead atoms. The van der Waals surface area contributed by atoms with E-state index in [1.807, 2.05) is 36.4 Å². The maximum absolute atomic E-state index is 8.89. The molecule has 2 heterocycles. The molecular formula is C14H16N2O4Pd. The number of nitrogens with zero attached hydrogens (tertiary/aromatic N) is 2. The summed E-state index contributed by atoms with van der Waals surface area (Å²) in [5.41, 5.74) is 0. The largest absolute Gasteiger partial charge is 2.00 e. The fraction of sp³-hybridized carbons (Fsp3) is 0.143. The summed E-state index contributed by atoms with van der Waals surface area (Å²) in [6, 6.07) is 11.4. The van der Waals surface area contributed by atoms with E-state index in [1.54, 1.807) is 24.8 Å². The number of aromatic nitrogens is 2. The molecule has 0 atom stereocenters. The molecule has 0 unspecified atom stereocenters. The Balaban J connectivity index is -0.000000208. The second-order valence-electron chi connectivity index (χ2n) is 3.03. The van der Waals surface area contributed by atoms with E-state index in [4.69, 9.17) is 19.8 Å². The third kappa shape index (κ3) is 46.2. The molecule has 0 saturated heterocycles. The number of carbonyl (C=O) groups excluding carboxylic acids is 2. The average Bonchev–Trinajstić information content (AvgIpc) is 2.42. The second kappa shape index (κ2) is 20.2. The normalized spacial score (nSPS) is 6.95. The third-order valence-corrected chi connectivity index (χ3v) is 1.13. The third-order valence-electron chi connectivity index (χ3n) is 1.13. The van der Waals surface area contributed by atoms with Crippen LogP contribution in [0.1, 0.15) is 13.8 Å². The molecule has 0 spiro atoms. The SMILES string of the molecule is CC(=O)[O-].CC(=O)[O-].[Pd+2].c1ccncc1.c1ccncc1. The molecule has 0 radical (unpaired) electrons. The molecule has 2 rings (SSSR count). The van der Waals surface area contributed by atoms with Crippen molar-refractivity contribution in [2.24, 2.45) is 0 Å². The number of pyridine rings is 2. The van der Waals surface area contributed by atoms with Gasteiger partial charge in [0.15, 0.2) is 0 Å². The summed E-state index contributed by atoms with van der Waals surface area (Å²) < 4.78 is 0. The molecule has 116 valence electrons. The Labute approximate surface area is 137 Å². The van der Waals surface area contributed by atoms with Crippen LogP contribution in [-0.2, 0) is 30.0 Å². The van der Waals surface area contributed by atoms with Crippen LogP contribution in [0, 0.1) is 0 Å². The van der Waals surface area contributed by atoms with Gasteiger partial charge in [0.1, 0.15) is 0 Å². The van der Waals surface area contributed by atoms with E-state index in [1.165, 1.54) is 0 Å². The number of aliphatic carboxylic acids is 2. The second-order valence-corrected chi connectivity index (χ2v) is 3.03. The van der Waals surface area contributed by atoms with E-state index in [2.05, 4.69) is 9.97 Å². The van der Waals surface area contributed by atoms with Gasteiger partial charge in [-0.3, -0.25) is 9.97 Å². The first-order chi connectivity index (χ1) is 9.46. The van der Waals surface area contributed by atoms with Crippen molar-refractivity contribution in [1.29, 1.82) is 0 Å². The van der Waals surface area contributed by atoms with E-state index in [-0.39, 0.29) is 20.4 Å². The van der Waals surface area contributed by atoms with Gasteiger partial charge in [0.25, 0.3) is 0 Å². The van der Waals surface area contributed by atoms with Crippen molar-refractivity contribution >= 4 is 11.9 Å². The molecule has 0 aromatic carbocycles. The summed E-state index contributed by atoms with van der Waals surface area (Å²) in [5, 5.41) is 17.8. The van der Waals surface area contributed by atoms with Gasteiger partial charge in [0, 0.05) is 36.7 Å². The first-order valence-electron chi connectivity index (χ1n) is 5.52. The topological polar surface area (TPSA) is 106 Å². The van der Waals surface area contributed by atoms with Crippen molar-refractivity contribution in [2.45, 2.75) is 13.8 Å². The van der Waals surface area contributed by atoms with E-state index in [0.717, 1.165) is 13.8 Å². The Morgan fingerprint density at radius 2 is 0.857 bits per heavy atom. The van der Waals surface area contributed by atoms with Gasteiger partial charge in [-0.25, -0.2) is 0 Å². The molecular weight excluding hydrogens is 367 g/mol. The van der Waals surface area contributed by atoms with Crippen LogP contribution >= 0.6 is 0 Å². The summed E-state index contributed by atoms with van der Waals surface area (Å²) in [6.07, 6.45) is 7.00. The number of carbonyl (C=O) groups is 2. The molecule has 7 heteroatoms. The number of carboxylic acid groups (broad SMARTS) is 2. The predicted molar refractivity (Wildman–Crippen MR) is 69.8 cm³/mol. The molecule has 0 aliphatic heterocycles. The van der Waals surface area contributed by atoms with E-state index in [0.29, 0.717) is 0 Å². The van der Waals surface area contributed by atoms with Crippen molar-refractivity contribution in [3.8, 4) is 0 Å². The molecule has 0 fully saturated rings. The Kier molecular flexibility index (Phi) is 23.1. The number of hydrogen-bond donors (Lipinski definition) is 0. The Hall–Kier alpha value is -2.10. The first-order valence-corrected chi connectivity index (χ1v) is 5.52. The summed E-state index contributed by atoms with van der Waals surface area (Å²) in [5.74, 6) is -2.17. The van der Waals surface area contributed by atoms with Gasteiger partial charge in [-0.1, -0.05) is 12.1 Å². The van der Waals surface area contributed by atoms with Crippen LogP contribution in [0.4, 0.5) is 0 Å². The summed E-state index contributed by atoms with van der Waals surface area (Å²) >= 11 is 0. The van der Waals surface area contributed by atoms with Crippen molar-refractivity contribution in [1.82, 2.24) is 9.97 Å². The quantitative estimate of drug-likeness (QED) is 0.578. The van der Waals surface area contributed by atoms with Crippen LogP contribution in [0.2, 0.25) is 0 Å². The number of hydrogen-bond acceptors (Lipinski definition) is 6.